The van der Waals surface area contributed by atoms with Crippen molar-refractivity contribution in [1.29, 1.82) is 0 Å². The number of benzene rings is 3. The molecule has 0 saturated heterocycles. The van der Waals surface area contributed by atoms with Crippen molar-refractivity contribution in [2.24, 2.45) is 5.14 Å². The molecule has 0 bridgehead atoms. The number of carbonyl (C=O) groups is 1. The zero-order valence-electron chi connectivity index (χ0n) is 17.1. The SMILES string of the molecule is CC(C)c1cc(Oc2ccc(C(=O)c3cc(S(N)(=O)=O)ccc3N)c(Br)c2Br)ccc1O. The second kappa shape index (κ2) is 9.22. The Morgan fingerprint density at radius 2 is 1.69 bits per heavy atom. The lowest BCUT2D eigenvalue weighted by Gasteiger charge is -2.15. The average Bonchev–Trinajstić information content (AvgIpc) is 2.71. The second-order valence-electron chi connectivity index (χ2n) is 7.34. The number of nitrogens with two attached hydrogens (primary N) is 2. The molecular formula is C22H20Br2N2O5S. The Morgan fingerprint density at radius 1 is 1.00 bits per heavy atom. The number of primary sulfonamides is 1. The van der Waals surface area contributed by atoms with Crippen LogP contribution in [0.15, 0.2) is 62.4 Å². The predicted octanol–water partition coefficient (Wildman–Crippen LogP) is 5.29. The van der Waals surface area contributed by atoms with Gasteiger partial charge in [0.25, 0.3) is 0 Å². The summed E-state index contributed by atoms with van der Waals surface area (Å²) in [5.74, 6) is 0.752. The Hall–Kier alpha value is -2.40. The Balaban J connectivity index is 1.98. The Kier molecular flexibility index (Phi) is 6.99. The Labute approximate surface area is 202 Å². The maximum absolute atomic E-state index is 13.1. The van der Waals surface area contributed by atoms with Gasteiger partial charge in [-0.25, -0.2) is 13.6 Å². The van der Waals surface area contributed by atoms with Gasteiger partial charge in [0.1, 0.15) is 17.2 Å². The van der Waals surface area contributed by atoms with E-state index < -0.39 is 15.8 Å². The number of halogens is 2. The van der Waals surface area contributed by atoms with Gasteiger partial charge in [-0.15, -0.1) is 0 Å². The van der Waals surface area contributed by atoms with E-state index in [2.05, 4.69) is 31.9 Å². The molecule has 0 aliphatic heterocycles. The van der Waals surface area contributed by atoms with Crippen LogP contribution in [-0.4, -0.2) is 19.3 Å². The summed E-state index contributed by atoms with van der Waals surface area (Å²) in [6.07, 6.45) is 0. The number of ether oxygens (including phenoxy) is 1. The molecular weight excluding hydrogens is 564 g/mol. The number of ketones is 1. The van der Waals surface area contributed by atoms with Gasteiger partial charge in [-0.05, 0) is 86.3 Å². The lowest BCUT2D eigenvalue weighted by molar-refractivity contribution is 0.103. The number of anilines is 1. The smallest absolute Gasteiger partial charge is 0.238 e. The van der Waals surface area contributed by atoms with Crippen molar-refractivity contribution in [2.45, 2.75) is 24.7 Å². The van der Waals surface area contributed by atoms with E-state index in [0.29, 0.717) is 20.4 Å². The molecule has 0 aliphatic rings. The molecule has 3 rings (SSSR count). The van der Waals surface area contributed by atoms with E-state index in [1.165, 1.54) is 12.1 Å². The number of rotatable bonds is 6. The molecule has 0 fully saturated rings. The molecule has 3 aromatic rings. The maximum atomic E-state index is 13.1. The third-order valence-electron chi connectivity index (χ3n) is 4.74. The molecule has 5 N–H and O–H groups in total. The first-order valence-electron chi connectivity index (χ1n) is 9.36. The van der Waals surface area contributed by atoms with E-state index in [1.807, 2.05) is 13.8 Å². The fourth-order valence-corrected chi connectivity index (χ4v) is 4.50. The maximum Gasteiger partial charge on any atom is 0.238 e. The fourth-order valence-electron chi connectivity index (χ4n) is 3.03. The fraction of sp³-hybridized carbons (Fsp3) is 0.136. The first-order chi connectivity index (χ1) is 14.9. The van der Waals surface area contributed by atoms with Crippen LogP contribution in [0.3, 0.4) is 0 Å². The van der Waals surface area contributed by atoms with Gasteiger partial charge in [0.2, 0.25) is 10.0 Å². The van der Waals surface area contributed by atoms with Crippen molar-refractivity contribution in [2.75, 3.05) is 5.73 Å². The summed E-state index contributed by atoms with van der Waals surface area (Å²) in [6.45, 7) is 3.92. The normalized spacial score (nSPS) is 11.6. The monoisotopic (exact) mass is 582 g/mol. The first-order valence-corrected chi connectivity index (χ1v) is 12.5. The number of nitrogen functional groups attached to an aromatic ring is 1. The van der Waals surface area contributed by atoms with Gasteiger partial charge in [-0.3, -0.25) is 4.79 Å². The number of hydrogen-bond donors (Lipinski definition) is 3. The van der Waals surface area contributed by atoms with E-state index in [4.69, 9.17) is 15.6 Å². The van der Waals surface area contributed by atoms with Crippen LogP contribution < -0.4 is 15.6 Å². The van der Waals surface area contributed by atoms with Gasteiger partial charge in [0.05, 0.1) is 9.37 Å². The Morgan fingerprint density at radius 3 is 2.31 bits per heavy atom. The van der Waals surface area contributed by atoms with E-state index in [9.17, 15) is 18.3 Å². The van der Waals surface area contributed by atoms with Crippen molar-refractivity contribution in [1.82, 2.24) is 0 Å². The zero-order chi connectivity index (χ0) is 23.8. The lowest BCUT2D eigenvalue weighted by Crippen LogP contribution is -2.14. The standard InChI is InChI=1S/C22H20Br2N2O5S/c1-11(2)15-9-12(3-7-18(15)27)31-19-8-5-14(20(23)21(19)24)22(28)16-10-13(32(26,29)30)4-6-17(16)25/h3-11,27H,25H2,1-2H3,(H2,26,29,30). The molecule has 0 aromatic heterocycles. The van der Waals surface area contributed by atoms with Crippen LogP contribution in [0.25, 0.3) is 0 Å². The van der Waals surface area contributed by atoms with Crippen LogP contribution in [0.5, 0.6) is 17.2 Å². The van der Waals surface area contributed by atoms with Gasteiger partial charge in [-0.2, -0.15) is 0 Å². The van der Waals surface area contributed by atoms with Crippen LogP contribution in [0, 0.1) is 0 Å². The number of phenols is 1. The molecule has 168 valence electrons. The minimum atomic E-state index is -4.00. The molecule has 7 nitrogen and oxygen atoms in total. The summed E-state index contributed by atoms with van der Waals surface area (Å²) in [7, 11) is -4.00. The highest BCUT2D eigenvalue weighted by molar-refractivity contribution is 9.13. The lowest BCUT2D eigenvalue weighted by atomic mass is 10.0. The third kappa shape index (κ3) is 4.98. The number of aromatic hydroxyl groups is 1. The van der Waals surface area contributed by atoms with Crippen molar-refractivity contribution < 1.29 is 23.1 Å². The molecule has 0 aliphatic carbocycles. The Bertz CT molecular complexity index is 1320. The highest BCUT2D eigenvalue weighted by atomic mass is 79.9. The summed E-state index contributed by atoms with van der Waals surface area (Å²) in [6, 6.07) is 11.8. The van der Waals surface area contributed by atoms with Crippen molar-refractivity contribution >= 4 is 53.4 Å². The summed E-state index contributed by atoms with van der Waals surface area (Å²) in [5, 5.41) is 15.2. The van der Waals surface area contributed by atoms with Gasteiger partial charge >= 0.3 is 0 Å². The van der Waals surface area contributed by atoms with E-state index >= 15 is 0 Å². The highest BCUT2D eigenvalue weighted by Crippen LogP contribution is 2.40. The molecule has 0 amide bonds. The largest absolute Gasteiger partial charge is 0.508 e. The van der Waals surface area contributed by atoms with Gasteiger partial charge in [0, 0.05) is 26.9 Å². The quantitative estimate of drug-likeness (QED) is 0.266. The van der Waals surface area contributed by atoms with Crippen LogP contribution in [0.2, 0.25) is 0 Å². The van der Waals surface area contributed by atoms with Crippen LogP contribution in [-0.2, 0) is 10.0 Å². The zero-order valence-corrected chi connectivity index (χ0v) is 21.1. The van der Waals surface area contributed by atoms with E-state index in [0.717, 1.165) is 11.6 Å². The number of carbonyl (C=O) groups excluding carboxylic acids is 1. The molecule has 0 atom stereocenters. The van der Waals surface area contributed by atoms with Crippen LogP contribution >= 0.6 is 31.9 Å². The van der Waals surface area contributed by atoms with Gasteiger partial charge < -0.3 is 15.6 Å². The minimum Gasteiger partial charge on any atom is -0.508 e. The molecule has 0 heterocycles. The topological polar surface area (TPSA) is 133 Å². The number of phenolic OH excluding ortho intramolecular Hbond substituents is 1. The second-order valence-corrected chi connectivity index (χ2v) is 10.5. The van der Waals surface area contributed by atoms with Crippen LogP contribution in [0.1, 0.15) is 41.3 Å². The average molecular weight is 584 g/mol. The molecule has 32 heavy (non-hydrogen) atoms. The molecule has 0 spiro atoms. The summed E-state index contributed by atoms with van der Waals surface area (Å²) in [4.78, 5) is 12.9. The van der Waals surface area contributed by atoms with Crippen molar-refractivity contribution in [3.63, 3.8) is 0 Å². The molecule has 0 unspecified atom stereocenters. The summed E-state index contributed by atoms with van der Waals surface area (Å²) < 4.78 is 30.1. The molecule has 3 aromatic carbocycles. The summed E-state index contributed by atoms with van der Waals surface area (Å²) >= 11 is 6.84. The third-order valence-corrected chi connectivity index (χ3v) is 7.79. The molecule has 10 heteroatoms. The molecule has 0 saturated carbocycles. The first kappa shape index (κ1) is 24.2. The van der Waals surface area contributed by atoms with E-state index in [1.54, 1.807) is 30.3 Å². The highest BCUT2D eigenvalue weighted by Gasteiger charge is 2.21. The minimum absolute atomic E-state index is 0.0119. The molecule has 0 radical (unpaired) electrons. The number of sulfonamides is 1. The van der Waals surface area contributed by atoms with Crippen LogP contribution in [0.4, 0.5) is 5.69 Å². The van der Waals surface area contributed by atoms with Gasteiger partial charge in [-0.1, -0.05) is 13.8 Å². The predicted molar refractivity (Wildman–Crippen MR) is 130 cm³/mol. The van der Waals surface area contributed by atoms with Crippen molar-refractivity contribution in [3.8, 4) is 17.2 Å². The summed E-state index contributed by atoms with van der Waals surface area (Å²) in [5.41, 5.74) is 7.04. The van der Waals surface area contributed by atoms with Crippen molar-refractivity contribution in [3.05, 3.63) is 74.2 Å². The van der Waals surface area contributed by atoms with E-state index in [-0.39, 0.29) is 33.4 Å². The van der Waals surface area contributed by atoms with Gasteiger partial charge in [0.15, 0.2) is 5.78 Å². The number of hydrogen-bond acceptors (Lipinski definition) is 6.